The maximum absolute atomic E-state index is 13.1. The van der Waals surface area contributed by atoms with Crippen LogP contribution in [0, 0.1) is 5.82 Å². The molecule has 1 heterocycles. The van der Waals surface area contributed by atoms with Gasteiger partial charge >= 0.3 is 0 Å². The molecule has 4 nitrogen and oxygen atoms in total. The van der Waals surface area contributed by atoms with Crippen LogP contribution in [0.5, 0.6) is 0 Å². The number of halogens is 1. The summed E-state index contributed by atoms with van der Waals surface area (Å²) in [4.78, 5) is 3.80. The van der Waals surface area contributed by atoms with Crippen LogP contribution >= 0.6 is 11.3 Å². The van der Waals surface area contributed by atoms with Gasteiger partial charge in [-0.1, -0.05) is 23.5 Å². The molecule has 0 radical (unpaired) electrons. The number of azo groups is 1. The first-order valence-corrected chi connectivity index (χ1v) is 4.95. The highest BCUT2D eigenvalue weighted by atomic mass is 32.1. The van der Waals surface area contributed by atoms with Crippen molar-refractivity contribution in [2.75, 3.05) is 5.73 Å². The minimum Gasteiger partial charge on any atom is -0.375 e. The van der Waals surface area contributed by atoms with E-state index in [1.165, 1.54) is 23.6 Å². The van der Waals surface area contributed by atoms with Crippen molar-refractivity contribution in [2.24, 2.45) is 10.2 Å². The van der Waals surface area contributed by atoms with Crippen molar-refractivity contribution in [1.29, 1.82) is 0 Å². The van der Waals surface area contributed by atoms with E-state index >= 15 is 0 Å². The number of aromatic nitrogens is 1. The van der Waals surface area contributed by atoms with Crippen LogP contribution in [0.1, 0.15) is 0 Å². The second kappa shape index (κ2) is 4.14. The van der Waals surface area contributed by atoms with Crippen molar-refractivity contribution in [3.63, 3.8) is 0 Å². The standard InChI is InChI=1S/C9H7FN4S/c10-6-3-1-2-4-7(6)13-14-8-5-12-9(11)15-8/h1-5H,(H2,11,12). The first kappa shape index (κ1) is 9.72. The normalized spacial score (nSPS) is 11.0. The molecule has 0 aliphatic rings. The van der Waals surface area contributed by atoms with Crippen LogP contribution in [-0.4, -0.2) is 4.98 Å². The van der Waals surface area contributed by atoms with Crippen molar-refractivity contribution >= 4 is 27.2 Å². The Balaban J connectivity index is 2.22. The van der Waals surface area contributed by atoms with Gasteiger partial charge in [0, 0.05) is 0 Å². The largest absolute Gasteiger partial charge is 0.375 e. The lowest BCUT2D eigenvalue weighted by Gasteiger charge is -1.91. The average molecular weight is 222 g/mol. The monoisotopic (exact) mass is 222 g/mol. The number of nitrogens with two attached hydrogens (primary N) is 1. The minimum atomic E-state index is -0.404. The van der Waals surface area contributed by atoms with Crippen molar-refractivity contribution in [3.8, 4) is 0 Å². The SMILES string of the molecule is Nc1ncc(N=Nc2ccccc2F)s1. The molecular formula is C9H7FN4S. The molecule has 0 saturated heterocycles. The van der Waals surface area contributed by atoms with E-state index in [2.05, 4.69) is 15.2 Å². The summed E-state index contributed by atoms with van der Waals surface area (Å²) in [6, 6.07) is 6.16. The van der Waals surface area contributed by atoms with Gasteiger partial charge in [-0.15, -0.1) is 10.2 Å². The highest BCUT2D eigenvalue weighted by Crippen LogP contribution is 2.26. The Morgan fingerprint density at radius 2 is 2.07 bits per heavy atom. The number of benzene rings is 1. The van der Waals surface area contributed by atoms with Crippen molar-refractivity contribution in [1.82, 2.24) is 4.98 Å². The second-order valence-electron chi connectivity index (χ2n) is 2.69. The zero-order valence-corrected chi connectivity index (χ0v) is 8.41. The molecule has 2 N–H and O–H groups in total. The van der Waals surface area contributed by atoms with Crippen molar-refractivity contribution in [3.05, 3.63) is 36.3 Å². The molecule has 0 spiro atoms. The molecular weight excluding hydrogens is 215 g/mol. The van der Waals surface area contributed by atoms with Crippen LogP contribution in [0.3, 0.4) is 0 Å². The molecule has 0 amide bonds. The Hall–Kier alpha value is -1.82. The average Bonchev–Trinajstić information content (AvgIpc) is 2.63. The molecule has 0 aliphatic carbocycles. The Labute approximate surface area is 89.3 Å². The number of nitrogens with zero attached hydrogens (tertiary/aromatic N) is 3. The lowest BCUT2D eigenvalue weighted by molar-refractivity contribution is 0.628. The first-order valence-electron chi connectivity index (χ1n) is 4.13. The van der Waals surface area contributed by atoms with Crippen LogP contribution < -0.4 is 5.73 Å². The van der Waals surface area contributed by atoms with Gasteiger partial charge in [0.25, 0.3) is 0 Å². The molecule has 2 aromatic rings. The number of hydrogen-bond acceptors (Lipinski definition) is 5. The zero-order chi connectivity index (χ0) is 10.7. The van der Waals surface area contributed by atoms with Gasteiger partial charge in [-0.2, -0.15) is 0 Å². The molecule has 0 bridgehead atoms. The maximum Gasteiger partial charge on any atom is 0.182 e. The summed E-state index contributed by atoms with van der Waals surface area (Å²) in [5.41, 5.74) is 5.61. The van der Waals surface area contributed by atoms with Crippen LogP contribution in [-0.2, 0) is 0 Å². The van der Waals surface area contributed by atoms with Gasteiger partial charge in [0.15, 0.2) is 15.9 Å². The van der Waals surface area contributed by atoms with Crippen LogP contribution in [0.25, 0.3) is 0 Å². The van der Waals surface area contributed by atoms with E-state index in [0.717, 1.165) is 0 Å². The molecule has 0 saturated carbocycles. The number of thiazole rings is 1. The topological polar surface area (TPSA) is 63.6 Å². The fraction of sp³-hybridized carbons (Fsp3) is 0. The van der Waals surface area contributed by atoms with E-state index in [1.807, 2.05) is 0 Å². The van der Waals surface area contributed by atoms with Gasteiger partial charge in [0.2, 0.25) is 0 Å². The number of rotatable bonds is 2. The highest BCUT2D eigenvalue weighted by Gasteiger charge is 1.99. The van der Waals surface area contributed by atoms with E-state index in [1.54, 1.807) is 18.2 Å². The molecule has 0 fully saturated rings. The zero-order valence-electron chi connectivity index (χ0n) is 7.59. The van der Waals surface area contributed by atoms with E-state index in [4.69, 9.17) is 5.73 Å². The van der Waals surface area contributed by atoms with Crippen molar-refractivity contribution < 1.29 is 4.39 Å². The molecule has 15 heavy (non-hydrogen) atoms. The van der Waals surface area contributed by atoms with Gasteiger partial charge in [0.05, 0.1) is 6.20 Å². The van der Waals surface area contributed by atoms with E-state index in [9.17, 15) is 4.39 Å². The van der Waals surface area contributed by atoms with Crippen LogP contribution in [0.4, 0.5) is 20.2 Å². The molecule has 6 heteroatoms. The van der Waals surface area contributed by atoms with Crippen LogP contribution in [0.2, 0.25) is 0 Å². The molecule has 0 aliphatic heterocycles. The number of anilines is 1. The summed E-state index contributed by atoms with van der Waals surface area (Å²) < 4.78 is 13.1. The maximum atomic E-state index is 13.1. The molecule has 0 atom stereocenters. The Bertz CT molecular complexity index is 494. The lowest BCUT2D eigenvalue weighted by Crippen LogP contribution is -1.77. The van der Waals surface area contributed by atoms with Gasteiger partial charge in [-0.25, -0.2) is 9.37 Å². The summed E-state index contributed by atoms with van der Waals surface area (Å²) in [6.07, 6.45) is 1.49. The summed E-state index contributed by atoms with van der Waals surface area (Å²) in [5.74, 6) is -0.404. The van der Waals surface area contributed by atoms with Gasteiger partial charge in [-0.3, -0.25) is 0 Å². The van der Waals surface area contributed by atoms with Gasteiger partial charge in [0.1, 0.15) is 5.69 Å². The third-order valence-corrected chi connectivity index (χ3v) is 2.33. The highest BCUT2D eigenvalue weighted by molar-refractivity contribution is 7.18. The molecule has 1 aromatic heterocycles. The minimum absolute atomic E-state index is 0.199. The predicted molar refractivity (Wildman–Crippen MR) is 57.1 cm³/mol. The summed E-state index contributed by atoms with van der Waals surface area (Å²) in [6.45, 7) is 0. The number of hydrogen-bond donors (Lipinski definition) is 1. The third kappa shape index (κ3) is 2.35. The third-order valence-electron chi connectivity index (χ3n) is 1.62. The van der Waals surface area contributed by atoms with E-state index < -0.39 is 5.82 Å². The Kier molecular flexibility index (Phi) is 2.68. The second-order valence-corrected chi connectivity index (χ2v) is 3.73. The smallest absolute Gasteiger partial charge is 0.182 e. The fourth-order valence-electron chi connectivity index (χ4n) is 0.961. The number of nitrogen functional groups attached to an aromatic ring is 1. The molecule has 1 aromatic carbocycles. The molecule has 0 unspecified atom stereocenters. The first-order chi connectivity index (χ1) is 7.25. The quantitative estimate of drug-likeness (QED) is 0.792. The van der Waals surface area contributed by atoms with Crippen molar-refractivity contribution in [2.45, 2.75) is 0 Å². The Morgan fingerprint density at radius 3 is 2.73 bits per heavy atom. The predicted octanol–water partition coefficient (Wildman–Crippen LogP) is 3.28. The lowest BCUT2D eigenvalue weighted by atomic mass is 10.3. The van der Waals surface area contributed by atoms with Crippen LogP contribution in [0.15, 0.2) is 40.7 Å². The Morgan fingerprint density at radius 1 is 1.27 bits per heavy atom. The summed E-state index contributed by atoms with van der Waals surface area (Å²) in [7, 11) is 0. The fourth-order valence-corrected chi connectivity index (χ4v) is 1.47. The summed E-state index contributed by atoms with van der Waals surface area (Å²) >= 11 is 1.20. The van der Waals surface area contributed by atoms with Gasteiger partial charge in [-0.05, 0) is 12.1 Å². The summed E-state index contributed by atoms with van der Waals surface area (Å²) in [5, 5.41) is 8.54. The molecule has 2 rings (SSSR count). The van der Waals surface area contributed by atoms with Gasteiger partial charge < -0.3 is 5.73 Å². The molecule has 76 valence electrons. The van der Waals surface area contributed by atoms with E-state index in [-0.39, 0.29) is 5.69 Å². The van der Waals surface area contributed by atoms with E-state index in [0.29, 0.717) is 10.1 Å².